The fourth-order valence-electron chi connectivity index (χ4n) is 2.23. The molecule has 2 unspecified atom stereocenters. The molecule has 2 N–H and O–H groups in total. The zero-order chi connectivity index (χ0) is 14.5. The molecule has 1 fully saturated rings. The Morgan fingerprint density at radius 2 is 2.10 bits per heavy atom. The quantitative estimate of drug-likeness (QED) is 0.897. The molecule has 0 radical (unpaired) electrons. The Morgan fingerprint density at radius 1 is 1.40 bits per heavy atom. The van der Waals surface area contributed by atoms with Gasteiger partial charge in [-0.25, -0.2) is 4.79 Å². The standard InChI is InChI=1S/C15H23N3OS/c1-11(16-2)12-4-6-13(7-5-12)17-15(19)18(3)14-8-9-20-10-14/h4-7,11,14,16H,8-10H2,1-3H3,(H,17,19). The smallest absolute Gasteiger partial charge is 0.321 e. The van der Waals surface area contributed by atoms with Crippen molar-refractivity contribution in [3.8, 4) is 0 Å². The molecule has 2 amide bonds. The number of thioether (sulfide) groups is 1. The second kappa shape index (κ2) is 6.99. The normalized spacial score (nSPS) is 19.6. The summed E-state index contributed by atoms with van der Waals surface area (Å²) < 4.78 is 0. The largest absolute Gasteiger partial charge is 0.324 e. The van der Waals surface area contributed by atoms with Gasteiger partial charge in [0.25, 0.3) is 0 Å². The van der Waals surface area contributed by atoms with Gasteiger partial charge < -0.3 is 15.5 Å². The predicted octanol–water partition coefficient (Wildman–Crippen LogP) is 2.94. The van der Waals surface area contributed by atoms with E-state index in [0.717, 1.165) is 23.6 Å². The number of rotatable bonds is 4. The van der Waals surface area contributed by atoms with E-state index in [1.807, 2.05) is 55.0 Å². The fourth-order valence-corrected chi connectivity index (χ4v) is 3.49. The van der Waals surface area contributed by atoms with Gasteiger partial charge in [0.1, 0.15) is 0 Å². The van der Waals surface area contributed by atoms with Crippen LogP contribution < -0.4 is 10.6 Å². The van der Waals surface area contributed by atoms with Gasteiger partial charge in [-0.2, -0.15) is 11.8 Å². The molecule has 1 aliphatic heterocycles. The van der Waals surface area contributed by atoms with E-state index >= 15 is 0 Å². The second-order valence-corrected chi connectivity index (χ2v) is 6.34. The molecule has 5 heteroatoms. The molecule has 0 aromatic heterocycles. The van der Waals surface area contributed by atoms with Crippen LogP contribution in [0.3, 0.4) is 0 Å². The summed E-state index contributed by atoms with van der Waals surface area (Å²) >= 11 is 1.91. The molecule has 0 bridgehead atoms. The van der Waals surface area contributed by atoms with E-state index in [4.69, 9.17) is 0 Å². The van der Waals surface area contributed by atoms with E-state index in [1.165, 1.54) is 5.56 Å². The van der Waals surface area contributed by atoms with Crippen molar-refractivity contribution in [3.05, 3.63) is 29.8 Å². The molecule has 0 aliphatic carbocycles. The van der Waals surface area contributed by atoms with Crippen molar-refractivity contribution in [1.29, 1.82) is 0 Å². The van der Waals surface area contributed by atoms with Gasteiger partial charge in [-0.05, 0) is 43.8 Å². The van der Waals surface area contributed by atoms with Crippen LogP contribution in [0.15, 0.2) is 24.3 Å². The number of urea groups is 1. The third kappa shape index (κ3) is 3.67. The lowest BCUT2D eigenvalue weighted by atomic mass is 10.1. The number of anilines is 1. The van der Waals surface area contributed by atoms with Crippen molar-refractivity contribution in [2.75, 3.05) is 30.9 Å². The minimum absolute atomic E-state index is 0.0214. The van der Waals surface area contributed by atoms with Crippen molar-refractivity contribution in [2.24, 2.45) is 0 Å². The second-order valence-electron chi connectivity index (χ2n) is 5.19. The first kappa shape index (κ1) is 15.2. The first-order valence-electron chi connectivity index (χ1n) is 7.00. The Labute approximate surface area is 125 Å². The first-order valence-corrected chi connectivity index (χ1v) is 8.16. The Hall–Kier alpha value is -1.20. The van der Waals surface area contributed by atoms with Crippen molar-refractivity contribution in [2.45, 2.75) is 25.4 Å². The molecule has 0 spiro atoms. The minimum Gasteiger partial charge on any atom is -0.324 e. The molecule has 0 saturated carbocycles. The monoisotopic (exact) mass is 293 g/mol. The lowest BCUT2D eigenvalue weighted by Gasteiger charge is -2.24. The summed E-state index contributed by atoms with van der Waals surface area (Å²) in [7, 11) is 3.82. The maximum Gasteiger partial charge on any atom is 0.321 e. The summed E-state index contributed by atoms with van der Waals surface area (Å²) in [6, 6.07) is 8.66. The highest BCUT2D eigenvalue weighted by Gasteiger charge is 2.23. The van der Waals surface area contributed by atoms with Crippen LogP contribution in [-0.2, 0) is 0 Å². The van der Waals surface area contributed by atoms with Crippen molar-refractivity contribution in [3.63, 3.8) is 0 Å². The van der Waals surface area contributed by atoms with Crippen molar-refractivity contribution in [1.82, 2.24) is 10.2 Å². The molecule has 1 aromatic rings. The van der Waals surface area contributed by atoms with E-state index in [2.05, 4.69) is 17.6 Å². The Kier molecular flexibility index (Phi) is 5.31. The number of hydrogen-bond acceptors (Lipinski definition) is 3. The summed E-state index contributed by atoms with van der Waals surface area (Å²) in [5.41, 5.74) is 2.06. The highest BCUT2D eigenvalue weighted by Crippen LogP contribution is 2.22. The topological polar surface area (TPSA) is 44.4 Å². The van der Waals surface area contributed by atoms with Gasteiger partial charge in [-0.3, -0.25) is 0 Å². The van der Waals surface area contributed by atoms with E-state index in [-0.39, 0.29) is 6.03 Å². The van der Waals surface area contributed by atoms with Gasteiger partial charge in [0.2, 0.25) is 0 Å². The minimum atomic E-state index is -0.0214. The lowest BCUT2D eigenvalue weighted by molar-refractivity contribution is 0.209. The average Bonchev–Trinajstić information content (AvgIpc) is 3.00. The number of benzene rings is 1. The molecular weight excluding hydrogens is 270 g/mol. The molecular formula is C15H23N3OS. The Balaban J connectivity index is 1.93. The molecule has 110 valence electrons. The van der Waals surface area contributed by atoms with E-state index < -0.39 is 0 Å². The third-order valence-corrected chi connectivity index (χ3v) is 5.01. The van der Waals surface area contributed by atoms with Gasteiger partial charge in [-0.15, -0.1) is 0 Å². The van der Waals surface area contributed by atoms with Gasteiger partial charge >= 0.3 is 6.03 Å². The molecule has 4 nitrogen and oxygen atoms in total. The Morgan fingerprint density at radius 3 is 2.65 bits per heavy atom. The van der Waals surface area contributed by atoms with E-state index in [9.17, 15) is 4.79 Å². The van der Waals surface area contributed by atoms with Gasteiger partial charge in [0, 0.05) is 30.6 Å². The first-order chi connectivity index (χ1) is 9.61. The van der Waals surface area contributed by atoms with Crippen LogP contribution in [0.4, 0.5) is 10.5 Å². The van der Waals surface area contributed by atoms with Crippen LogP contribution in [0.5, 0.6) is 0 Å². The van der Waals surface area contributed by atoms with Crippen LogP contribution >= 0.6 is 11.8 Å². The summed E-state index contributed by atoms with van der Waals surface area (Å²) in [6.07, 6.45) is 1.09. The SMILES string of the molecule is CNC(C)c1ccc(NC(=O)N(C)C2CCSC2)cc1. The summed E-state index contributed by atoms with van der Waals surface area (Å²) in [6.45, 7) is 2.11. The maximum absolute atomic E-state index is 12.2. The summed E-state index contributed by atoms with van der Waals surface area (Å²) in [5.74, 6) is 2.20. The van der Waals surface area contributed by atoms with Crippen LogP contribution in [-0.4, -0.2) is 42.6 Å². The van der Waals surface area contributed by atoms with Gasteiger partial charge in [-0.1, -0.05) is 12.1 Å². The number of amides is 2. The van der Waals surface area contributed by atoms with Crippen LogP contribution in [0.1, 0.15) is 24.9 Å². The number of carbonyl (C=O) groups excluding carboxylic acids is 1. The molecule has 1 saturated heterocycles. The number of carbonyl (C=O) groups is 1. The Bertz CT molecular complexity index is 443. The number of nitrogens with one attached hydrogen (secondary N) is 2. The highest BCUT2D eigenvalue weighted by atomic mass is 32.2. The van der Waals surface area contributed by atoms with Crippen LogP contribution in [0.25, 0.3) is 0 Å². The zero-order valence-electron chi connectivity index (χ0n) is 12.3. The molecule has 1 aliphatic rings. The van der Waals surface area contributed by atoms with Gasteiger partial charge in [0.05, 0.1) is 0 Å². The highest BCUT2D eigenvalue weighted by molar-refractivity contribution is 7.99. The summed E-state index contributed by atoms with van der Waals surface area (Å²) in [4.78, 5) is 14.0. The molecule has 20 heavy (non-hydrogen) atoms. The molecule has 1 aromatic carbocycles. The van der Waals surface area contributed by atoms with Crippen molar-refractivity contribution >= 4 is 23.5 Å². The van der Waals surface area contributed by atoms with Crippen LogP contribution in [0.2, 0.25) is 0 Å². The molecule has 2 rings (SSSR count). The van der Waals surface area contributed by atoms with Crippen molar-refractivity contribution < 1.29 is 4.79 Å². The zero-order valence-corrected chi connectivity index (χ0v) is 13.2. The molecule has 1 heterocycles. The van der Waals surface area contributed by atoms with Crippen LogP contribution in [0, 0.1) is 0 Å². The third-order valence-electron chi connectivity index (χ3n) is 3.87. The predicted molar refractivity (Wildman–Crippen MR) is 86.4 cm³/mol. The average molecular weight is 293 g/mol. The number of hydrogen-bond donors (Lipinski definition) is 2. The lowest BCUT2D eigenvalue weighted by Crippen LogP contribution is -2.39. The maximum atomic E-state index is 12.2. The number of nitrogens with zero attached hydrogens (tertiary/aromatic N) is 1. The fraction of sp³-hybridized carbons (Fsp3) is 0.533. The van der Waals surface area contributed by atoms with E-state index in [1.54, 1.807) is 0 Å². The molecule has 2 atom stereocenters. The van der Waals surface area contributed by atoms with E-state index in [0.29, 0.717) is 12.1 Å². The van der Waals surface area contributed by atoms with Gasteiger partial charge in [0.15, 0.2) is 0 Å². The summed E-state index contributed by atoms with van der Waals surface area (Å²) in [5, 5.41) is 6.16.